The first-order valence-corrected chi connectivity index (χ1v) is 8.61. The van der Waals surface area contributed by atoms with E-state index in [0.29, 0.717) is 16.1 Å². The lowest BCUT2D eigenvalue weighted by Gasteiger charge is -2.09. The number of pyridine rings is 1. The number of fused-ring (bicyclic) bond motifs is 1. The third-order valence-corrected chi connectivity index (χ3v) is 4.63. The van der Waals surface area contributed by atoms with Gasteiger partial charge in [-0.15, -0.1) is 0 Å². The molecule has 5 heteroatoms. The lowest BCUT2D eigenvalue weighted by atomic mass is 10.0. The monoisotopic (exact) mass is 366 g/mol. The highest BCUT2D eigenvalue weighted by Gasteiger charge is 2.11. The lowest BCUT2D eigenvalue weighted by Crippen LogP contribution is -1.94. The van der Waals surface area contributed by atoms with Gasteiger partial charge in [-0.05, 0) is 48.9 Å². The molecule has 0 bridgehead atoms. The summed E-state index contributed by atoms with van der Waals surface area (Å²) in [5, 5.41) is 10.4. The summed E-state index contributed by atoms with van der Waals surface area (Å²) in [4.78, 5) is 4.60. The highest BCUT2D eigenvalue weighted by molar-refractivity contribution is 6.30. The molecular weight excluding hydrogens is 351 g/mol. The minimum Gasteiger partial charge on any atom is -0.389 e. The van der Waals surface area contributed by atoms with Crippen LogP contribution in [0.15, 0.2) is 67.0 Å². The van der Waals surface area contributed by atoms with Gasteiger partial charge in [0.25, 0.3) is 0 Å². The molecule has 2 aromatic carbocycles. The van der Waals surface area contributed by atoms with Crippen molar-refractivity contribution in [3.63, 3.8) is 0 Å². The summed E-state index contributed by atoms with van der Waals surface area (Å²) in [5.74, 6) is -0.327. The quantitative estimate of drug-likeness (QED) is 0.518. The second-order valence-electron chi connectivity index (χ2n) is 6.23. The van der Waals surface area contributed by atoms with Crippen LogP contribution in [0.2, 0.25) is 5.02 Å². The summed E-state index contributed by atoms with van der Waals surface area (Å²) < 4.78 is 16.2. The van der Waals surface area contributed by atoms with E-state index in [4.69, 9.17) is 11.6 Å². The molecule has 0 radical (unpaired) electrons. The van der Waals surface area contributed by atoms with Crippen molar-refractivity contribution in [2.24, 2.45) is 0 Å². The fourth-order valence-corrected chi connectivity index (χ4v) is 3.06. The number of aliphatic hydroxyl groups excluding tert-OH is 1. The summed E-state index contributed by atoms with van der Waals surface area (Å²) in [6.07, 6.45) is 3.09. The maximum atomic E-state index is 14.3. The second-order valence-corrected chi connectivity index (χ2v) is 6.67. The van der Waals surface area contributed by atoms with Crippen molar-refractivity contribution in [3.05, 3.63) is 83.4 Å². The summed E-state index contributed by atoms with van der Waals surface area (Å²) in [6, 6.07) is 15.8. The Kier molecular flexibility index (Phi) is 4.23. The maximum Gasteiger partial charge on any atom is 0.137 e. The molecule has 0 aliphatic rings. The van der Waals surface area contributed by atoms with E-state index >= 15 is 0 Å². The molecule has 4 aromatic rings. The molecule has 26 heavy (non-hydrogen) atoms. The summed E-state index contributed by atoms with van der Waals surface area (Å²) in [5.41, 5.74) is 4.39. The molecule has 0 aliphatic carbocycles. The van der Waals surface area contributed by atoms with Gasteiger partial charge in [-0.25, -0.2) is 9.37 Å². The molecule has 3 nitrogen and oxygen atoms in total. The number of rotatable bonds is 3. The Labute approximate surface area is 155 Å². The van der Waals surface area contributed by atoms with Crippen molar-refractivity contribution < 1.29 is 9.50 Å². The van der Waals surface area contributed by atoms with Gasteiger partial charge in [-0.2, -0.15) is 0 Å². The van der Waals surface area contributed by atoms with Gasteiger partial charge in [-0.1, -0.05) is 29.8 Å². The topological polar surface area (TPSA) is 37.5 Å². The molecule has 0 saturated carbocycles. The van der Waals surface area contributed by atoms with Gasteiger partial charge in [0.1, 0.15) is 11.5 Å². The van der Waals surface area contributed by atoms with Crippen molar-refractivity contribution >= 4 is 17.2 Å². The van der Waals surface area contributed by atoms with E-state index in [1.54, 1.807) is 19.1 Å². The van der Waals surface area contributed by atoms with Gasteiger partial charge < -0.3 is 9.51 Å². The summed E-state index contributed by atoms with van der Waals surface area (Å²) in [6.45, 7) is 1.66. The SMILES string of the molecule is CC(O)c1ccc(F)c(-c2ccc3nc(-c4ccc(Cl)cc4)cn3c2)c1. The van der Waals surface area contributed by atoms with Crippen LogP contribution in [-0.4, -0.2) is 14.5 Å². The minimum absolute atomic E-state index is 0.327. The van der Waals surface area contributed by atoms with Gasteiger partial charge in [0, 0.05) is 34.1 Å². The van der Waals surface area contributed by atoms with E-state index in [1.807, 2.05) is 53.2 Å². The molecular formula is C21H16ClFN2O. The Hall–Kier alpha value is -2.69. The van der Waals surface area contributed by atoms with Crippen LogP contribution in [-0.2, 0) is 0 Å². The second kappa shape index (κ2) is 6.56. The predicted octanol–water partition coefficient (Wildman–Crippen LogP) is 5.51. The van der Waals surface area contributed by atoms with Crippen LogP contribution in [0.1, 0.15) is 18.6 Å². The van der Waals surface area contributed by atoms with E-state index in [1.165, 1.54) is 6.07 Å². The van der Waals surface area contributed by atoms with E-state index in [-0.39, 0.29) is 5.82 Å². The van der Waals surface area contributed by atoms with Gasteiger partial charge >= 0.3 is 0 Å². The Morgan fingerprint density at radius 3 is 2.46 bits per heavy atom. The highest BCUT2D eigenvalue weighted by atomic mass is 35.5. The number of halogens is 2. The number of hydrogen-bond acceptors (Lipinski definition) is 2. The van der Waals surface area contributed by atoms with Crippen molar-refractivity contribution in [2.75, 3.05) is 0 Å². The normalized spacial score (nSPS) is 12.5. The fraction of sp³-hybridized carbons (Fsp3) is 0.0952. The number of nitrogens with zero attached hydrogens (tertiary/aromatic N) is 2. The number of benzene rings is 2. The molecule has 1 atom stereocenters. The molecule has 0 amide bonds. The Bertz CT molecular complexity index is 1090. The van der Waals surface area contributed by atoms with Crippen molar-refractivity contribution in [2.45, 2.75) is 13.0 Å². The number of imidazole rings is 1. The van der Waals surface area contributed by atoms with Gasteiger partial charge in [0.05, 0.1) is 11.8 Å². The Morgan fingerprint density at radius 1 is 1.00 bits per heavy atom. The van der Waals surface area contributed by atoms with Crippen molar-refractivity contribution in [3.8, 4) is 22.4 Å². The first-order chi connectivity index (χ1) is 12.5. The zero-order valence-electron chi connectivity index (χ0n) is 14.0. The lowest BCUT2D eigenvalue weighted by molar-refractivity contribution is 0.199. The average Bonchev–Trinajstić information content (AvgIpc) is 3.05. The molecule has 0 aliphatic heterocycles. The standard InChI is InChI=1S/C21H16ClFN2O/c1-13(26)15-4-8-19(23)18(10-15)16-5-9-21-24-20(12-25(21)11-16)14-2-6-17(22)7-3-14/h2-13,26H,1H3. The highest BCUT2D eigenvalue weighted by Crippen LogP contribution is 2.28. The van der Waals surface area contributed by atoms with Crippen molar-refractivity contribution in [1.29, 1.82) is 0 Å². The van der Waals surface area contributed by atoms with E-state index in [2.05, 4.69) is 4.98 Å². The molecule has 0 fully saturated rings. The molecule has 4 rings (SSSR count). The van der Waals surface area contributed by atoms with Crippen LogP contribution in [0.25, 0.3) is 28.0 Å². The molecule has 0 saturated heterocycles. The maximum absolute atomic E-state index is 14.3. The predicted molar refractivity (Wildman–Crippen MR) is 102 cm³/mol. The molecule has 1 N–H and O–H groups in total. The molecule has 1 unspecified atom stereocenters. The number of hydrogen-bond donors (Lipinski definition) is 1. The first-order valence-electron chi connectivity index (χ1n) is 8.24. The van der Waals surface area contributed by atoms with Crippen LogP contribution < -0.4 is 0 Å². The van der Waals surface area contributed by atoms with Crippen LogP contribution in [0.4, 0.5) is 4.39 Å². The fourth-order valence-electron chi connectivity index (χ4n) is 2.93. The van der Waals surface area contributed by atoms with Gasteiger partial charge in [-0.3, -0.25) is 0 Å². The minimum atomic E-state index is -0.650. The van der Waals surface area contributed by atoms with E-state index in [9.17, 15) is 9.50 Å². The van der Waals surface area contributed by atoms with Crippen molar-refractivity contribution in [1.82, 2.24) is 9.38 Å². The third-order valence-electron chi connectivity index (χ3n) is 4.37. The van der Waals surface area contributed by atoms with Gasteiger partial charge in [0.2, 0.25) is 0 Å². The average molecular weight is 367 g/mol. The molecule has 0 spiro atoms. The zero-order chi connectivity index (χ0) is 18.3. The van der Waals surface area contributed by atoms with Crippen LogP contribution in [0, 0.1) is 5.82 Å². The number of aliphatic hydroxyl groups is 1. The zero-order valence-corrected chi connectivity index (χ0v) is 14.8. The van der Waals surface area contributed by atoms with E-state index < -0.39 is 6.10 Å². The smallest absolute Gasteiger partial charge is 0.137 e. The van der Waals surface area contributed by atoms with Crippen LogP contribution in [0.5, 0.6) is 0 Å². The largest absolute Gasteiger partial charge is 0.389 e. The Balaban J connectivity index is 1.79. The van der Waals surface area contributed by atoms with Gasteiger partial charge in [0.15, 0.2) is 0 Å². The van der Waals surface area contributed by atoms with Crippen LogP contribution >= 0.6 is 11.6 Å². The summed E-state index contributed by atoms with van der Waals surface area (Å²) in [7, 11) is 0. The number of aromatic nitrogens is 2. The van der Waals surface area contributed by atoms with Crippen LogP contribution in [0.3, 0.4) is 0 Å². The summed E-state index contributed by atoms with van der Waals surface area (Å²) >= 11 is 5.94. The molecule has 2 aromatic heterocycles. The molecule has 2 heterocycles. The Morgan fingerprint density at radius 2 is 1.73 bits per heavy atom. The first kappa shape index (κ1) is 16.8. The van der Waals surface area contributed by atoms with E-state index in [0.717, 1.165) is 22.5 Å². The molecule has 130 valence electrons. The third kappa shape index (κ3) is 3.09.